The van der Waals surface area contributed by atoms with Crippen molar-refractivity contribution in [3.05, 3.63) is 65.0 Å². The standard InChI is InChI=1S/C20H22FNO4S/c1-14-12-16(7-10-19(14)26-2)20(23)18-4-3-11-22(18)27(24,25)13-15-5-8-17(21)9-6-15/h5-10,12,18H,3-4,11,13H2,1-2H3. The number of carbonyl (C=O) groups is 1. The Balaban J connectivity index is 1.82. The van der Waals surface area contributed by atoms with Crippen LogP contribution >= 0.6 is 0 Å². The molecule has 27 heavy (non-hydrogen) atoms. The summed E-state index contributed by atoms with van der Waals surface area (Å²) in [7, 11) is -2.13. The van der Waals surface area contributed by atoms with Gasteiger partial charge in [0.15, 0.2) is 5.78 Å². The van der Waals surface area contributed by atoms with Gasteiger partial charge in [0.05, 0.1) is 18.9 Å². The number of halogens is 1. The minimum atomic E-state index is -3.69. The lowest BCUT2D eigenvalue weighted by atomic mass is 10.0. The van der Waals surface area contributed by atoms with Crippen molar-refractivity contribution in [1.82, 2.24) is 4.31 Å². The SMILES string of the molecule is COc1ccc(C(=O)C2CCCN2S(=O)(=O)Cc2ccc(F)cc2)cc1C. The number of ether oxygens (including phenoxy) is 1. The maximum atomic E-state index is 13.0. The highest BCUT2D eigenvalue weighted by Crippen LogP contribution is 2.28. The molecule has 1 unspecified atom stereocenters. The number of rotatable bonds is 6. The maximum absolute atomic E-state index is 13.0. The average Bonchev–Trinajstić information content (AvgIpc) is 3.13. The van der Waals surface area contributed by atoms with E-state index >= 15 is 0 Å². The van der Waals surface area contributed by atoms with Crippen molar-refractivity contribution in [3.63, 3.8) is 0 Å². The Labute approximate surface area is 158 Å². The third kappa shape index (κ3) is 4.20. The molecular weight excluding hydrogens is 369 g/mol. The summed E-state index contributed by atoms with van der Waals surface area (Å²) in [6.45, 7) is 2.16. The Morgan fingerprint density at radius 1 is 1.22 bits per heavy atom. The highest BCUT2D eigenvalue weighted by Gasteiger charge is 2.38. The molecule has 0 saturated carbocycles. The fraction of sp³-hybridized carbons (Fsp3) is 0.350. The van der Waals surface area contributed by atoms with Gasteiger partial charge >= 0.3 is 0 Å². The summed E-state index contributed by atoms with van der Waals surface area (Å²) in [5, 5.41) is 0. The first-order valence-electron chi connectivity index (χ1n) is 8.74. The van der Waals surface area contributed by atoms with E-state index in [4.69, 9.17) is 4.74 Å². The molecule has 0 bridgehead atoms. The number of hydrogen-bond donors (Lipinski definition) is 0. The Bertz CT molecular complexity index is 941. The van der Waals surface area contributed by atoms with Crippen molar-refractivity contribution in [2.45, 2.75) is 31.6 Å². The summed E-state index contributed by atoms with van der Waals surface area (Å²) < 4.78 is 45.3. The monoisotopic (exact) mass is 391 g/mol. The van der Waals surface area contributed by atoms with Gasteiger partial charge < -0.3 is 4.74 Å². The molecule has 1 aliphatic rings. The molecule has 0 radical (unpaired) electrons. The molecule has 0 spiro atoms. The second-order valence-corrected chi connectivity index (χ2v) is 8.62. The zero-order valence-corrected chi connectivity index (χ0v) is 16.1. The van der Waals surface area contributed by atoms with Crippen LogP contribution in [0.4, 0.5) is 4.39 Å². The molecule has 2 aromatic carbocycles. The third-order valence-corrected chi connectivity index (χ3v) is 6.66. The van der Waals surface area contributed by atoms with E-state index in [1.54, 1.807) is 25.3 Å². The summed E-state index contributed by atoms with van der Waals surface area (Å²) in [6.07, 6.45) is 1.13. The summed E-state index contributed by atoms with van der Waals surface area (Å²) in [5.74, 6) is -0.196. The van der Waals surface area contributed by atoms with Crippen molar-refractivity contribution in [2.75, 3.05) is 13.7 Å². The molecule has 1 aliphatic heterocycles. The first kappa shape index (κ1) is 19.5. The molecule has 3 rings (SSSR count). The van der Waals surface area contributed by atoms with Gasteiger partial charge in [0, 0.05) is 12.1 Å². The van der Waals surface area contributed by atoms with Gasteiger partial charge in [-0.1, -0.05) is 12.1 Å². The van der Waals surface area contributed by atoms with Crippen LogP contribution in [0.3, 0.4) is 0 Å². The van der Waals surface area contributed by atoms with E-state index in [2.05, 4.69) is 0 Å². The van der Waals surface area contributed by atoms with Crippen LogP contribution in [0.1, 0.15) is 34.3 Å². The maximum Gasteiger partial charge on any atom is 0.218 e. The fourth-order valence-corrected chi connectivity index (χ4v) is 5.21. The van der Waals surface area contributed by atoms with E-state index in [0.29, 0.717) is 36.3 Å². The number of aryl methyl sites for hydroxylation is 1. The number of sulfonamides is 1. The lowest BCUT2D eigenvalue weighted by Gasteiger charge is -2.23. The summed E-state index contributed by atoms with van der Waals surface area (Å²) >= 11 is 0. The van der Waals surface area contributed by atoms with Crippen LogP contribution in [0.25, 0.3) is 0 Å². The summed E-state index contributed by atoms with van der Waals surface area (Å²) in [6, 6.07) is 9.77. The van der Waals surface area contributed by atoms with Crippen LogP contribution in [0, 0.1) is 12.7 Å². The number of methoxy groups -OCH3 is 1. The van der Waals surface area contributed by atoms with Gasteiger partial charge in [-0.2, -0.15) is 4.31 Å². The van der Waals surface area contributed by atoms with E-state index < -0.39 is 21.9 Å². The number of carbonyl (C=O) groups excluding carboxylic acids is 1. The van der Waals surface area contributed by atoms with Crippen LogP contribution in [0.5, 0.6) is 5.75 Å². The predicted octanol–water partition coefficient (Wildman–Crippen LogP) is 3.32. The molecular formula is C20H22FNO4S. The molecule has 1 fully saturated rings. The van der Waals surface area contributed by atoms with E-state index in [-0.39, 0.29) is 11.5 Å². The second-order valence-electron chi connectivity index (χ2n) is 6.70. The van der Waals surface area contributed by atoms with Gasteiger partial charge in [-0.15, -0.1) is 0 Å². The number of hydrogen-bond acceptors (Lipinski definition) is 4. The zero-order valence-electron chi connectivity index (χ0n) is 15.3. The van der Waals surface area contributed by atoms with Crippen LogP contribution < -0.4 is 4.74 Å². The van der Waals surface area contributed by atoms with Crippen molar-refractivity contribution in [2.24, 2.45) is 0 Å². The molecule has 0 aromatic heterocycles. The van der Waals surface area contributed by atoms with Gasteiger partial charge in [-0.3, -0.25) is 4.79 Å². The lowest BCUT2D eigenvalue weighted by Crippen LogP contribution is -2.41. The Hall–Kier alpha value is -2.25. The summed E-state index contributed by atoms with van der Waals surface area (Å²) in [5.41, 5.74) is 1.79. The molecule has 1 heterocycles. The van der Waals surface area contributed by atoms with E-state index in [0.717, 1.165) is 5.56 Å². The number of nitrogens with zero attached hydrogens (tertiary/aromatic N) is 1. The fourth-order valence-electron chi connectivity index (χ4n) is 3.43. The van der Waals surface area contributed by atoms with Gasteiger partial charge in [0.1, 0.15) is 11.6 Å². The highest BCUT2D eigenvalue weighted by atomic mass is 32.2. The predicted molar refractivity (Wildman–Crippen MR) is 101 cm³/mol. The van der Waals surface area contributed by atoms with Crippen LogP contribution in [0.2, 0.25) is 0 Å². The van der Waals surface area contributed by atoms with Crippen molar-refractivity contribution < 1.29 is 22.3 Å². The normalized spacial score (nSPS) is 17.8. The van der Waals surface area contributed by atoms with Crippen molar-refractivity contribution >= 4 is 15.8 Å². The van der Waals surface area contributed by atoms with Gasteiger partial charge in [-0.25, -0.2) is 12.8 Å². The molecule has 1 atom stereocenters. The second kappa shape index (κ2) is 7.78. The van der Waals surface area contributed by atoms with Crippen molar-refractivity contribution in [1.29, 1.82) is 0 Å². The summed E-state index contributed by atoms with van der Waals surface area (Å²) in [4.78, 5) is 13.0. The van der Waals surface area contributed by atoms with E-state index in [1.807, 2.05) is 6.92 Å². The van der Waals surface area contributed by atoms with Gasteiger partial charge in [0.25, 0.3) is 0 Å². The number of Topliss-reactive ketones (excluding diaryl/α,β-unsaturated/α-hetero) is 1. The van der Waals surface area contributed by atoms with E-state index in [1.165, 1.54) is 28.6 Å². The minimum Gasteiger partial charge on any atom is -0.496 e. The zero-order chi connectivity index (χ0) is 19.6. The molecule has 144 valence electrons. The molecule has 7 heteroatoms. The number of ketones is 1. The Morgan fingerprint density at radius 2 is 1.93 bits per heavy atom. The largest absolute Gasteiger partial charge is 0.496 e. The van der Waals surface area contributed by atoms with Crippen molar-refractivity contribution in [3.8, 4) is 5.75 Å². The average molecular weight is 391 g/mol. The smallest absolute Gasteiger partial charge is 0.218 e. The van der Waals surface area contributed by atoms with Crippen LogP contribution in [-0.2, 0) is 15.8 Å². The first-order chi connectivity index (χ1) is 12.8. The highest BCUT2D eigenvalue weighted by molar-refractivity contribution is 7.88. The molecule has 0 amide bonds. The topological polar surface area (TPSA) is 63.7 Å². The molecule has 2 aromatic rings. The Morgan fingerprint density at radius 3 is 2.56 bits per heavy atom. The molecule has 5 nitrogen and oxygen atoms in total. The molecule has 1 saturated heterocycles. The van der Waals surface area contributed by atoms with Gasteiger partial charge in [0.2, 0.25) is 10.0 Å². The lowest BCUT2D eigenvalue weighted by molar-refractivity contribution is 0.0918. The number of benzene rings is 2. The quantitative estimate of drug-likeness (QED) is 0.709. The van der Waals surface area contributed by atoms with Gasteiger partial charge in [-0.05, 0) is 61.2 Å². The van der Waals surface area contributed by atoms with Crippen LogP contribution in [0.15, 0.2) is 42.5 Å². The Kier molecular flexibility index (Phi) is 5.62. The first-order valence-corrected chi connectivity index (χ1v) is 10.4. The molecule has 0 aliphatic carbocycles. The molecule has 0 N–H and O–H groups in total. The van der Waals surface area contributed by atoms with E-state index in [9.17, 15) is 17.6 Å². The van der Waals surface area contributed by atoms with Crippen LogP contribution in [-0.4, -0.2) is 38.2 Å². The third-order valence-electron chi connectivity index (χ3n) is 4.81. The minimum absolute atomic E-state index is 0.207.